The fourth-order valence-electron chi connectivity index (χ4n) is 1.33. The number of aliphatic hydroxyl groups is 1. The molecule has 0 atom stereocenters. The van der Waals surface area contributed by atoms with E-state index in [-0.39, 0.29) is 117 Å². The Hall–Kier alpha value is 3.07. The first-order chi connectivity index (χ1) is 10.3. The molecule has 1 fully saturated rings. The predicted molar refractivity (Wildman–Crippen MR) is 84.6 cm³/mol. The molecule has 132 valence electrons. The van der Waals surface area contributed by atoms with E-state index >= 15 is 0 Å². The smallest absolute Gasteiger partial charge is 1.00 e. The summed E-state index contributed by atoms with van der Waals surface area (Å²) in [6, 6.07) is 0. The molecule has 0 saturated carbocycles. The normalized spacial score (nSPS) is 12.0. The Labute approximate surface area is 229 Å². The molecule has 0 aromatic rings. The van der Waals surface area contributed by atoms with E-state index in [1.807, 2.05) is 0 Å². The largest absolute Gasteiger partial charge is 1.00 e. The maximum absolute atomic E-state index is 9.77. The van der Waals surface area contributed by atoms with Crippen molar-refractivity contribution in [2.24, 2.45) is 0 Å². The number of hydrogen-bond acceptors (Lipinski definition) is 5. The molecule has 0 spiro atoms. The summed E-state index contributed by atoms with van der Waals surface area (Å²) in [7, 11) is 0. The molecule has 23 heavy (non-hydrogen) atoms. The first-order valence-electron chi connectivity index (χ1n) is 8.25. The summed E-state index contributed by atoms with van der Waals surface area (Å²) in [6.45, 7) is 8.64. The predicted octanol–water partition coefficient (Wildman–Crippen LogP) is -4.12. The van der Waals surface area contributed by atoms with Gasteiger partial charge in [0.05, 0.1) is 13.2 Å². The summed E-state index contributed by atoms with van der Waals surface area (Å²) in [5, 5.41) is 18.0. The number of aliphatic hydroxyl groups excluding tert-OH is 1. The van der Waals surface area contributed by atoms with Gasteiger partial charge >= 0.3 is 103 Å². The Morgan fingerprint density at radius 3 is 1.70 bits per heavy atom. The van der Waals surface area contributed by atoms with E-state index in [2.05, 4.69) is 13.8 Å². The first-order valence-corrected chi connectivity index (χ1v) is 8.25. The van der Waals surface area contributed by atoms with Crippen molar-refractivity contribution in [3.8, 4) is 0 Å². The Morgan fingerprint density at radius 2 is 1.39 bits per heavy atom. The van der Waals surface area contributed by atoms with Crippen LogP contribution >= 0.6 is 0 Å². The van der Waals surface area contributed by atoms with Gasteiger partial charge in [0, 0.05) is 33.0 Å². The van der Waals surface area contributed by atoms with Gasteiger partial charge < -0.3 is 25.9 Å². The van der Waals surface area contributed by atoms with Crippen LogP contribution in [-0.4, -0.2) is 58.0 Å². The average molecular weight is 387 g/mol. The van der Waals surface area contributed by atoms with Crippen molar-refractivity contribution in [2.75, 3.05) is 52.9 Å². The van der Waals surface area contributed by atoms with Gasteiger partial charge in [-0.3, -0.25) is 0 Å². The zero-order chi connectivity index (χ0) is 16.0. The van der Waals surface area contributed by atoms with E-state index < -0.39 is 0 Å². The van der Waals surface area contributed by atoms with Crippen LogP contribution in [0.2, 0.25) is 0 Å². The van der Waals surface area contributed by atoms with E-state index in [1.165, 1.54) is 12.8 Å². The van der Waals surface area contributed by atoms with Crippen LogP contribution in [0.4, 0.5) is 0 Å². The zero-order valence-corrected chi connectivity index (χ0v) is 22.2. The van der Waals surface area contributed by atoms with Gasteiger partial charge in [-0.15, -0.1) is 6.61 Å². The first kappa shape index (κ1) is 33.6. The minimum Gasteiger partial charge on any atom is -1.00 e. The second kappa shape index (κ2) is 36.1. The van der Waals surface area contributed by atoms with Crippen molar-refractivity contribution in [3.05, 3.63) is 0 Å². The summed E-state index contributed by atoms with van der Waals surface area (Å²) < 4.78 is 14.8. The average Bonchev–Trinajstić information content (AvgIpc) is 3.09. The Balaban J connectivity index is -0.0000000721. The molecule has 0 aromatic heterocycles. The van der Waals surface area contributed by atoms with Crippen LogP contribution in [-0.2, 0) is 14.2 Å². The molecule has 0 aliphatic carbocycles. The molecule has 5 nitrogen and oxygen atoms in total. The summed E-state index contributed by atoms with van der Waals surface area (Å²) in [5.41, 5.74) is 0. The quantitative estimate of drug-likeness (QED) is 0.305. The van der Waals surface area contributed by atoms with Crippen LogP contribution in [0.3, 0.4) is 0 Å². The summed E-state index contributed by atoms with van der Waals surface area (Å²) in [5.74, 6) is 0. The minimum absolute atomic E-state index is 0. The van der Waals surface area contributed by atoms with Gasteiger partial charge in [-0.1, -0.05) is 26.7 Å². The van der Waals surface area contributed by atoms with Crippen LogP contribution in [0, 0.1) is 0 Å². The molecule has 0 bridgehead atoms. The molecule has 1 aliphatic rings. The molecule has 0 radical (unpaired) electrons. The van der Waals surface area contributed by atoms with Crippen molar-refractivity contribution in [1.82, 2.24) is 0 Å². The maximum atomic E-state index is 9.77. The van der Waals surface area contributed by atoms with Crippen LogP contribution in [0.15, 0.2) is 0 Å². The SMILES string of the molecule is C1CCOC1.CCCCOCCO.CCCCOCC[O-].[H-].[K+].[K+]. The summed E-state index contributed by atoms with van der Waals surface area (Å²) in [4.78, 5) is 0. The Morgan fingerprint density at radius 1 is 0.913 bits per heavy atom. The summed E-state index contributed by atoms with van der Waals surface area (Å²) in [6.07, 6.45) is 7.02. The van der Waals surface area contributed by atoms with Crippen molar-refractivity contribution in [3.63, 3.8) is 0 Å². The van der Waals surface area contributed by atoms with Gasteiger partial charge in [0.25, 0.3) is 0 Å². The van der Waals surface area contributed by atoms with E-state index in [0.29, 0.717) is 13.2 Å². The van der Waals surface area contributed by atoms with Gasteiger partial charge in [0.2, 0.25) is 0 Å². The zero-order valence-electron chi connectivity index (χ0n) is 17.0. The van der Waals surface area contributed by atoms with Gasteiger partial charge in [-0.25, -0.2) is 0 Å². The number of hydrogen-bond donors (Lipinski definition) is 1. The monoisotopic (exact) mass is 386 g/mol. The molecule has 7 heteroatoms. The molecular formula is C16H36K2O5. The molecule has 1 heterocycles. The van der Waals surface area contributed by atoms with Crippen LogP contribution in [0.25, 0.3) is 0 Å². The molecule has 0 aromatic carbocycles. The summed E-state index contributed by atoms with van der Waals surface area (Å²) >= 11 is 0. The van der Waals surface area contributed by atoms with Crippen molar-refractivity contribution in [1.29, 1.82) is 0 Å². The van der Waals surface area contributed by atoms with Gasteiger partial charge in [0.15, 0.2) is 0 Å². The second-order valence-electron chi connectivity index (χ2n) is 4.68. The molecule has 1 aliphatic heterocycles. The standard InChI is InChI=1S/C6H14O2.C6H13O2.C4H8O.2K.H/c2*1-2-3-5-8-6-4-7;1-2-4-5-3-1;;;/h7H,2-6H2,1H3;2-6H2,1H3;1-4H2;;;/q;-1;;2*+1;-1. The molecule has 0 amide bonds. The van der Waals surface area contributed by atoms with E-state index in [4.69, 9.17) is 19.3 Å². The topological polar surface area (TPSA) is 71.0 Å². The number of unbranched alkanes of at least 4 members (excludes halogenated alkanes) is 2. The third kappa shape index (κ3) is 40.9. The maximum Gasteiger partial charge on any atom is 1.00 e. The van der Waals surface area contributed by atoms with Gasteiger partial charge in [0.1, 0.15) is 0 Å². The Bertz CT molecular complexity index is 136. The number of ether oxygens (including phenoxy) is 3. The second-order valence-corrected chi connectivity index (χ2v) is 4.68. The van der Waals surface area contributed by atoms with E-state index in [1.54, 1.807) is 0 Å². The van der Waals surface area contributed by atoms with Crippen molar-refractivity contribution >= 4 is 0 Å². The van der Waals surface area contributed by atoms with Crippen molar-refractivity contribution in [2.45, 2.75) is 52.4 Å². The van der Waals surface area contributed by atoms with Crippen molar-refractivity contribution < 1.29 is 129 Å². The number of rotatable bonds is 10. The van der Waals surface area contributed by atoms with Gasteiger partial charge in [-0.2, -0.15) is 0 Å². The third-order valence-electron chi connectivity index (χ3n) is 2.58. The van der Waals surface area contributed by atoms with Crippen LogP contribution in [0.1, 0.15) is 53.8 Å². The Kier molecular flexibility index (Phi) is 52.7. The van der Waals surface area contributed by atoms with E-state index in [0.717, 1.165) is 52.1 Å². The van der Waals surface area contributed by atoms with Crippen LogP contribution < -0.4 is 108 Å². The molecule has 1 saturated heterocycles. The third-order valence-corrected chi connectivity index (χ3v) is 2.58. The van der Waals surface area contributed by atoms with E-state index in [9.17, 15) is 5.11 Å². The molecule has 1 rings (SSSR count). The fourth-order valence-corrected chi connectivity index (χ4v) is 1.33. The fraction of sp³-hybridized carbons (Fsp3) is 1.00. The van der Waals surface area contributed by atoms with Crippen LogP contribution in [0.5, 0.6) is 0 Å². The molecule has 1 N–H and O–H groups in total. The van der Waals surface area contributed by atoms with Gasteiger partial charge in [-0.05, 0) is 25.7 Å². The molecular weight excluding hydrogens is 350 g/mol. The molecule has 0 unspecified atom stereocenters. The minimum atomic E-state index is -0.107.